The first-order valence-electron chi connectivity index (χ1n) is 5.80. The Morgan fingerprint density at radius 2 is 1.75 bits per heavy atom. The molecule has 0 spiro atoms. The van der Waals surface area contributed by atoms with Crippen molar-refractivity contribution in [3.05, 3.63) is 41.7 Å². The van der Waals surface area contributed by atoms with E-state index >= 15 is 0 Å². The highest BCUT2D eigenvalue weighted by Crippen LogP contribution is 2.41. The molecule has 0 unspecified atom stereocenters. The van der Waals surface area contributed by atoms with Crippen LogP contribution in [0.25, 0.3) is 11.1 Å². The van der Waals surface area contributed by atoms with Crippen LogP contribution in [0.4, 0.5) is 4.39 Å². The SMILES string of the molecule is COc1ccc(F)cc1-c1cc(C=O)cc(OC)c1O. The van der Waals surface area contributed by atoms with Crippen molar-refractivity contribution in [1.29, 1.82) is 0 Å². The Labute approximate surface area is 115 Å². The number of ether oxygens (including phenoxy) is 2. The third kappa shape index (κ3) is 2.42. The maximum atomic E-state index is 13.4. The van der Waals surface area contributed by atoms with Crippen LogP contribution in [0.1, 0.15) is 10.4 Å². The van der Waals surface area contributed by atoms with Crippen LogP contribution >= 0.6 is 0 Å². The lowest BCUT2D eigenvalue weighted by Gasteiger charge is -2.13. The molecule has 2 aromatic rings. The first-order valence-corrected chi connectivity index (χ1v) is 5.80. The second-order valence-electron chi connectivity index (χ2n) is 4.08. The summed E-state index contributed by atoms with van der Waals surface area (Å²) in [6, 6.07) is 6.77. The summed E-state index contributed by atoms with van der Waals surface area (Å²) in [6.07, 6.45) is 0.622. The Hall–Kier alpha value is -2.56. The molecule has 1 N–H and O–H groups in total. The van der Waals surface area contributed by atoms with Gasteiger partial charge in [0, 0.05) is 16.7 Å². The van der Waals surface area contributed by atoms with E-state index in [9.17, 15) is 14.3 Å². The van der Waals surface area contributed by atoms with Gasteiger partial charge in [0.25, 0.3) is 0 Å². The van der Waals surface area contributed by atoms with Gasteiger partial charge in [-0.15, -0.1) is 0 Å². The van der Waals surface area contributed by atoms with E-state index in [0.29, 0.717) is 23.2 Å². The van der Waals surface area contributed by atoms with Crippen molar-refractivity contribution >= 4 is 6.29 Å². The number of methoxy groups -OCH3 is 2. The lowest BCUT2D eigenvalue weighted by Crippen LogP contribution is -1.93. The quantitative estimate of drug-likeness (QED) is 0.872. The first kappa shape index (κ1) is 13.9. The van der Waals surface area contributed by atoms with Crippen LogP contribution in [0.5, 0.6) is 17.2 Å². The standard InChI is InChI=1S/C15H13FO4/c1-19-13-4-3-10(16)7-11(13)12-5-9(8-17)6-14(20-2)15(12)18/h3-8,18H,1-2H3. The molecule has 20 heavy (non-hydrogen) atoms. The fraction of sp³-hybridized carbons (Fsp3) is 0.133. The van der Waals surface area contributed by atoms with Crippen LogP contribution in [-0.2, 0) is 0 Å². The number of phenolic OH excluding ortho intramolecular Hbond substituents is 1. The predicted octanol–water partition coefficient (Wildman–Crippen LogP) is 3.03. The molecule has 104 valence electrons. The highest BCUT2D eigenvalue weighted by molar-refractivity contribution is 5.85. The van der Waals surface area contributed by atoms with Crippen molar-refractivity contribution in [2.24, 2.45) is 0 Å². The predicted molar refractivity (Wildman–Crippen MR) is 72.0 cm³/mol. The van der Waals surface area contributed by atoms with E-state index in [-0.39, 0.29) is 17.1 Å². The third-order valence-electron chi connectivity index (χ3n) is 2.90. The van der Waals surface area contributed by atoms with Gasteiger partial charge < -0.3 is 14.6 Å². The molecule has 2 rings (SSSR count). The van der Waals surface area contributed by atoms with Crippen molar-refractivity contribution in [3.8, 4) is 28.4 Å². The normalized spacial score (nSPS) is 10.2. The van der Waals surface area contributed by atoms with Crippen LogP contribution < -0.4 is 9.47 Å². The molecule has 0 saturated carbocycles. The van der Waals surface area contributed by atoms with Crippen LogP contribution in [0.2, 0.25) is 0 Å². The summed E-state index contributed by atoms with van der Waals surface area (Å²) in [7, 11) is 2.81. The summed E-state index contributed by atoms with van der Waals surface area (Å²) >= 11 is 0. The minimum atomic E-state index is -0.476. The zero-order valence-corrected chi connectivity index (χ0v) is 11.0. The summed E-state index contributed by atoms with van der Waals surface area (Å²) in [5.41, 5.74) is 0.913. The Balaban J connectivity index is 2.74. The molecule has 0 aliphatic carbocycles. The lowest BCUT2D eigenvalue weighted by atomic mass is 10.0. The Morgan fingerprint density at radius 3 is 2.35 bits per heavy atom. The van der Waals surface area contributed by atoms with Crippen LogP contribution in [0.3, 0.4) is 0 Å². The van der Waals surface area contributed by atoms with Gasteiger partial charge in [-0.2, -0.15) is 0 Å². The molecule has 4 nitrogen and oxygen atoms in total. The van der Waals surface area contributed by atoms with E-state index < -0.39 is 5.82 Å². The number of benzene rings is 2. The number of carbonyl (C=O) groups is 1. The number of carbonyl (C=O) groups excluding carboxylic acids is 1. The number of hydrogen-bond donors (Lipinski definition) is 1. The second-order valence-corrected chi connectivity index (χ2v) is 4.08. The van der Waals surface area contributed by atoms with Gasteiger partial charge in [0.15, 0.2) is 11.5 Å². The highest BCUT2D eigenvalue weighted by atomic mass is 19.1. The highest BCUT2D eigenvalue weighted by Gasteiger charge is 2.16. The summed E-state index contributed by atoms with van der Waals surface area (Å²) in [5, 5.41) is 10.2. The van der Waals surface area contributed by atoms with Crippen molar-refractivity contribution < 1.29 is 23.8 Å². The molecule has 5 heteroatoms. The lowest BCUT2D eigenvalue weighted by molar-refractivity contribution is 0.112. The maximum Gasteiger partial charge on any atom is 0.165 e. The van der Waals surface area contributed by atoms with Gasteiger partial charge in [-0.1, -0.05) is 0 Å². The third-order valence-corrected chi connectivity index (χ3v) is 2.90. The number of aldehydes is 1. The van der Waals surface area contributed by atoms with E-state index in [1.807, 2.05) is 0 Å². The van der Waals surface area contributed by atoms with Gasteiger partial charge in [0.05, 0.1) is 14.2 Å². The Bertz CT molecular complexity index is 653. The summed E-state index contributed by atoms with van der Waals surface area (Å²) in [6.45, 7) is 0. The molecular formula is C15H13FO4. The van der Waals surface area contributed by atoms with Gasteiger partial charge in [-0.05, 0) is 30.3 Å². The largest absolute Gasteiger partial charge is 0.504 e. The van der Waals surface area contributed by atoms with E-state index in [2.05, 4.69) is 0 Å². The molecule has 2 aromatic carbocycles. The van der Waals surface area contributed by atoms with E-state index in [1.165, 1.54) is 44.6 Å². The van der Waals surface area contributed by atoms with Gasteiger partial charge in [-0.3, -0.25) is 4.79 Å². The number of rotatable bonds is 4. The van der Waals surface area contributed by atoms with E-state index in [4.69, 9.17) is 9.47 Å². The molecule has 0 aliphatic rings. The van der Waals surface area contributed by atoms with Crippen molar-refractivity contribution in [3.63, 3.8) is 0 Å². The average molecular weight is 276 g/mol. The van der Waals surface area contributed by atoms with Crippen molar-refractivity contribution in [1.82, 2.24) is 0 Å². The molecule has 0 bridgehead atoms. The van der Waals surface area contributed by atoms with Gasteiger partial charge >= 0.3 is 0 Å². The Morgan fingerprint density at radius 1 is 1.05 bits per heavy atom. The average Bonchev–Trinajstić information content (AvgIpc) is 2.47. The smallest absolute Gasteiger partial charge is 0.165 e. The molecular weight excluding hydrogens is 263 g/mol. The Kier molecular flexibility index (Phi) is 3.89. The second kappa shape index (κ2) is 5.61. The number of aromatic hydroxyl groups is 1. The van der Waals surface area contributed by atoms with E-state index in [1.54, 1.807) is 0 Å². The van der Waals surface area contributed by atoms with Gasteiger partial charge in [0.1, 0.15) is 17.9 Å². The van der Waals surface area contributed by atoms with E-state index in [0.717, 1.165) is 0 Å². The van der Waals surface area contributed by atoms with Crippen molar-refractivity contribution in [2.75, 3.05) is 14.2 Å². The first-order chi connectivity index (χ1) is 9.60. The molecule has 0 aromatic heterocycles. The molecule has 0 radical (unpaired) electrons. The number of phenols is 1. The molecule has 0 heterocycles. The van der Waals surface area contributed by atoms with Crippen LogP contribution in [-0.4, -0.2) is 25.6 Å². The van der Waals surface area contributed by atoms with Crippen LogP contribution in [0, 0.1) is 5.82 Å². The zero-order chi connectivity index (χ0) is 14.7. The molecule has 0 amide bonds. The zero-order valence-electron chi connectivity index (χ0n) is 11.0. The molecule has 0 atom stereocenters. The minimum Gasteiger partial charge on any atom is -0.504 e. The molecule has 0 aliphatic heterocycles. The summed E-state index contributed by atoms with van der Waals surface area (Å²) in [4.78, 5) is 10.9. The minimum absolute atomic E-state index is 0.135. The fourth-order valence-electron chi connectivity index (χ4n) is 1.95. The number of hydrogen-bond acceptors (Lipinski definition) is 4. The van der Waals surface area contributed by atoms with Gasteiger partial charge in [0.2, 0.25) is 0 Å². The molecule has 0 saturated heterocycles. The summed E-state index contributed by atoms with van der Waals surface area (Å²) < 4.78 is 23.6. The topological polar surface area (TPSA) is 55.8 Å². The van der Waals surface area contributed by atoms with Crippen molar-refractivity contribution in [2.45, 2.75) is 0 Å². The van der Waals surface area contributed by atoms with Gasteiger partial charge in [-0.25, -0.2) is 4.39 Å². The molecule has 0 fully saturated rings. The number of halogens is 1. The van der Waals surface area contributed by atoms with Crippen LogP contribution in [0.15, 0.2) is 30.3 Å². The maximum absolute atomic E-state index is 13.4. The monoisotopic (exact) mass is 276 g/mol. The fourth-order valence-corrected chi connectivity index (χ4v) is 1.95. The summed E-state index contributed by atoms with van der Waals surface area (Å²) in [5.74, 6) is -0.139.